The fourth-order valence-electron chi connectivity index (χ4n) is 2.94. The molecule has 2 unspecified atom stereocenters. The molecule has 0 bridgehead atoms. The molecule has 0 amide bonds. The lowest BCUT2D eigenvalue weighted by molar-refractivity contribution is 0.262. The summed E-state index contributed by atoms with van der Waals surface area (Å²) >= 11 is 18.6. The maximum Gasteiger partial charge on any atom is 0.144 e. The molecule has 4 nitrogen and oxygen atoms in total. The van der Waals surface area contributed by atoms with Crippen molar-refractivity contribution in [3.05, 3.63) is 81.3 Å². The number of nitrogens with zero attached hydrogens (tertiary/aromatic N) is 3. The van der Waals surface area contributed by atoms with Crippen molar-refractivity contribution in [1.29, 1.82) is 0 Å². The second kappa shape index (κ2) is 6.05. The molecule has 1 aliphatic heterocycles. The molecule has 24 heavy (non-hydrogen) atoms. The van der Waals surface area contributed by atoms with Crippen LogP contribution >= 0.6 is 34.8 Å². The van der Waals surface area contributed by atoms with Crippen molar-refractivity contribution in [2.24, 2.45) is 0 Å². The SMILES string of the molecule is Clc1ccc(C2OC2(Cn2cncn2)c2ccccc2)c(Cl)c1Cl. The second-order valence-corrected chi connectivity index (χ2v) is 6.77. The first-order chi connectivity index (χ1) is 11.6. The Balaban J connectivity index is 1.76. The predicted molar refractivity (Wildman–Crippen MR) is 93.4 cm³/mol. The fraction of sp³-hybridized carbons (Fsp3) is 0.176. The third-order valence-electron chi connectivity index (χ3n) is 4.17. The zero-order valence-electron chi connectivity index (χ0n) is 12.4. The summed E-state index contributed by atoms with van der Waals surface area (Å²) in [6.07, 6.45) is 2.94. The molecule has 0 spiro atoms. The summed E-state index contributed by atoms with van der Waals surface area (Å²) in [5.74, 6) is 0. The van der Waals surface area contributed by atoms with Gasteiger partial charge in [0.1, 0.15) is 24.4 Å². The van der Waals surface area contributed by atoms with Crippen LogP contribution in [-0.2, 0) is 16.9 Å². The smallest absolute Gasteiger partial charge is 0.144 e. The van der Waals surface area contributed by atoms with Crippen molar-refractivity contribution in [1.82, 2.24) is 14.8 Å². The summed E-state index contributed by atoms with van der Waals surface area (Å²) < 4.78 is 7.90. The zero-order valence-corrected chi connectivity index (χ0v) is 14.6. The lowest BCUT2D eigenvalue weighted by Gasteiger charge is -2.14. The van der Waals surface area contributed by atoms with Gasteiger partial charge in [-0.25, -0.2) is 9.67 Å². The third-order valence-corrected chi connectivity index (χ3v) is 5.48. The van der Waals surface area contributed by atoms with E-state index >= 15 is 0 Å². The molecule has 0 N–H and O–H groups in total. The molecule has 2 heterocycles. The molecule has 2 atom stereocenters. The summed E-state index contributed by atoms with van der Waals surface area (Å²) in [6, 6.07) is 13.6. The first-order valence-corrected chi connectivity index (χ1v) is 8.44. The van der Waals surface area contributed by atoms with E-state index in [1.165, 1.54) is 6.33 Å². The number of hydrogen-bond donors (Lipinski definition) is 0. The van der Waals surface area contributed by atoms with Crippen LogP contribution in [0.25, 0.3) is 0 Å². The largest absolute Gasteiger partial charge is 0.354 e. The van der Waals surface area contributed by atoms with Crippen LogP contribution in [0.3, 0.4) is 0 Å². The third kappa shape index (κ3) is 2.60. The van der Waals surface area contributed by atoms with E-state index in [4.69, 9.17) is 39.5 Å². The van der Waals surface area contributed by atoms with Gasteiger partial charge in [0.2, 0.25) is 0 Å². The van der Waals surface area contributed by atoms with Gasteiger partial charge in [0, 0.05) is 5.56 Å². The first-order valence-electron chi connectivity index (χ1n) is 7.31. The average Bonchev–Trinajstić information content (AvgIpc) is 3.07. The van der Waals surface area contributed by atoms with Crippen LogP contribution in [0.2, 0.25) is 15.1 Å². The molecule has 1 aromatic heterocycles. The van der Waals surface area contributed by atoms with E-state index in [0.717, 1.165) is 11.1 Å². The van der Waals surface area contributed by atoms with Crippen LogP contribution in [-0.4, -0.2) is 14.8 Å². The van der Waals surface area contributed by atoms with E-state index in [2.05, 4.69) is 10.1 Å². The summed E-state index contributed by atoms with van der Waals surface area (Å²) in [7, 11) is 0. The minimum atomic E-state index is -0.560. The molecule has 1 saturated heterocycles. The molecular formula is C17H12Cl3N3O. The molecular weight excluding hydrogens is 369 g/mol. The summed E-state index contributed by atoms with van der Waals surface area (Å²) in [4.78, 5) is 4.00. The van der Waals surface area contributed by atoms with E-state index in [9.17, 15) is 0 Å². The lowest BCUT2D eigenvalue weighted by Crippen LogP contribution is -2.19. The lowest BCUT2D eigenvalue weighted by atomic mass is 9.91. The monoisotopic (exact) mass is 379 g/mol. The summed E-state index contributed by atoms with van der Waals surface area (Å²) in [5, 5.41) is 5.38. The first kappa shape index (κ1) is 15.9. The zero-order chi connectivity index (χ0) is 16.7. The maximum atomic E-state index is 6.40. The number of ether oxygens (including phenoxy) is 1. The highest BCUT2D eigenvalue weighted by Crippen LogP contribution is 2.60. The van der Waals surface area contributed by atoms with Gasteiger partial charge in [0.05, 0.1) is 21.6 Å². The van der Waals surface area contributed by atoms with Crippen molar-refractivity contribution in [2.45, 2.75) is 18.2 Å². The van der Waals surface area contributed by atoms with Crippen molar-refractivity contribution >= 4 is 34.8 Å². The predicted octanol–water partition coefficient (Wildman–Crippen LogP) is 4.91. The van der Waals surface area contributed by atoms with Crippen LogP contribution in [0.1, 0.15) is 17.2 Å². The van der Waals surface area contributed by atoms with E-state index in [-0.39, 0.29) is 6.10 Å². The molecule has 4 rings (SSSR count). The van der Waals surface area contributed by atoms with Crippen LogP contribution in [0.5, 0.6) is 0 Å². The standard InChI is InChI=1S/C17H12Cl3N3O/c18-13-7-6-12(14(19)15(13)20)16-17(24-16,8-23-10-21-9-22-23)11-4-2-1-3-5-11/h1-7,9-10,16H,8H2. The van der Waals surface area contributed by atoms with Crippen LogP contribution in [0.15, 0.2) is 55.1 Å². The number of hydrogen-bond acceptors (Lipinski definition) is 3. The number of rotatable bonds is 4. The molecule has 7 heteroatoms. The molecule has 1 fully saturated rings. The van der Waals surface area contributed by atoms with E-state index in [0.29, 0.717) is 21.6 Å². The summed E-state index contributed by atoms with van der Waals surface area (Å²) in [5.41, 5.74) is 1.30. The van der Waals surface area contributed by atoms with E-state index < -0.39 is 5.60 Å². The highest BCUT2D eigenvalue weighted by atomic mass is 35.5. The van der Waals surface area contributed by atoms with E-state index in [1.54, 1.807) is 17.1 Å². The molecule has 0 saturated carbocycles. The minimum Gasteiger partial charge on any atom is -0.354 e. The van der Waals surface area contributed by atoms with Crippen LogP contribution in [0, 0.1) is 0 Å². The normalized spacial score (nSPS) is 22.5. The van der Waals surface area contributed by atoms with Gasteiger partial charge in [0.15, 0.2) is 0 Å². The van der Waals surface area contributed by atoms with Crippen molar-refractivity contribution in [3.63, 3.8) is 0 Å². The Hall–Kier alpha value is -1.59. The van der Waals surface area contributed by atoms with Gasteiger partial charge < -0.3 is 4.74 Å². The van der Waals surface area contributed by atoms with Gasteiger partial charge in [-0.05, 0) is 11.6 Å². The summed E-state index contributed by atoms with van der Waals surface area (Å²) in [6.45, 7) is 0.526. The molecule has 2 aromatic carbocycles. The van der Waals surface area contributed by atoms with Crippen molar-refractivity contribution in [2.75, 3.05) is 0 Å². The van der Waals surface area contributed by atoms with Crippen LogP contribution in [0.4, 0.5) is 0 Å². The Bertz CT molecular complexity index is 870. The van der Waals surface area contributed by atoms with Gasteiger partial charge in [-0.1, -0.05) is 71.2 Å². The topological polar surface area (TPSA) is 43.2 Å². The van der Waals surface area contributed by atoms with E-state index in [1.807, 2.05) is 36.4 Å². The number of aromatic nitrogens is 3. The van der Waals surface area contributed by atoms with Gasteiger partial charge in [0.25, 0.3) is 0 Å². The Morgan fingerprint density at radius 3 is 2.54 bits per heavy atom. The Morgan fingerprint density at radius 2 is 1.83 bits per heavy atom. The molecule has 3 aromatic rings. The second-order valence-electron chi connectivity index (χ2n) is 5.61. The molecule has 0 aliphatic carbocycles. The Kier molecular flexibility index (Phi) is 4.01. The minimum absolute atomic E-state index is 0.230. The fourth-order valence-corrected chi connectivity index (χ4v) is 3.58. The Labute approximate surface area is 153 Å². The highest BCUT2D eigenvalue weighted by molar-refractivity contribution is 6.48. The highest BCUT2D eigenvalue weighted by Gasteiger charge is 2.59. The number of halogens is 3. The molecule has 0 radical (unpaired) electrons. The van der Waals surface area contributed by atoms with Gasteiger partial charge >= 0.3 is 0 Å². The maximum absolute atomic E-state index is 6.40. The number of benzene rings is 2. The van der Waals surface area contributed by atoms with Gasteiger partial charge in [-0.15, -0.1) is 0 Å². The molecule has 1 aliphatic rings. The van der Waals surface area contributed by atoms with Gasteiger partial charge in [-0.2, -0.15) is 5.10 Å². The van der Waals surface area contributed by atoms with Crippen LogP contribution < -0.4 is 0 Å². The Morgan fingerprint density at radius 1 is 1.04 bits per heavy atom. The quantitative estimate of drug-likeness (QED) is 0.477. The van der Waals surface area contributed by atoms with Gasteiger partial charge in [-0.3, -0.25) is 0 Å². The molecule has 122 valence electrons. The van der Waals surface area contributed by atoms with Crippen molar-refractivity contribution in [3.8, 4) is 0 Å². The average molecular weight is 381 g/mol. The van der Waals surface area contributed by atoms with Crippen molar-refractivity contribution < 1.29 is 4.74 Å². The number of epoxide rings is 1.